The molecular formula is C12H13N3O2. The van der Waals surface area contributed by atoms with Gasteiger partial charge in [0.25, 0.3) is 0 Å². The van der Waals surface area contributed by atoms with Crippen LogP contribution in [-0.4, -0.2) is 23.5 Å². The van der Waals surface area contributed by atoms with E-state index in [1.807, 2.05) is 13.0 Å². The molecule has 0 atom stereocenters. The maximum Gasteiger partial charge on any atom is 0.328 e. The Bertz CT molecular complexity index is 580. The maximum atomic E-state index is 11.7. The number of carbonyl (C=O) groups is 2. The van der Waals surface area contributed by atoms with E-state index < -0.39 is 6.03 Å². The van der Waals surface area contributed by atoms with Crippen molar-refractivity contribution in [3.8, 4) is 0 Å². The summed E-state index contributed by atoms with van der Waals surface area (Å²) in [7, 11) is 0. The number of hydrogen-bond acceptors (Lipinski definition) is 3. The molecule has 0 aliphatic carbocycles. The molecule has 1 aromatic heterocycles. The van der Waals surface area contributed by atoms with E-state index in [0.717, 1.165) is 10.4 Å². The van der Waals surface area contributed by atoms with E-state index in [9.17, 15) is 9.59 Å². The van der Waals surface area contributed by atoms with E-state index in [4.69, 9.17) is 0 Å². The van der Waals surface area contributed by atoms with Crippen LogP contribution in [0.15, 0.2) is 12.4 Å². The van der Waals surface area contributed by atoms with Crippen LogP contribution < -0.4 is 20.7 Å². The highest BCUT2D eigenvalue weighted by molar-refractivity contribution is 6.05. The average molecular weight is 231 g/mol. The van der Waals surface area contributed by atoms with Crippen LogP contribution in [0.1, 0.15) is 13.3 Å². The molecule has 3 amide bonds. The van der Waals surface area contributed by atoms with Crippen LogP contribution in [0.25, 0.3) is 12.7 Å². The van der Waals surface area contributed by atoms with Gasteiger partial charge in [0, 0.05) is 24.4 Å². The Kier molecular flexibility index (Phi) is 2.91. The van der Waals surface area contributed by atoms with Crippen molar-refractivity contribution >= 4 is 30.3 Å². The van der Waals surface area contributed by atoms with E-state index in [0.29, 0.717) is 18.7 Å². The molecule has 1 N–H and O–H groups in total. The minimum atomic E-state index is -0.406. The Morgan fingerprint density at radius 2 is 2.24 bits per heavy atom. The summed E-state index contributed by atoms with van der Waals surface area (Å²) in [6, 6.07) is -0.406. The molecule has 1 aromatic rings. The standard InChI is InChI=1S/C12H13N3O2/c1-3-9-8(2)6-13-7-10(9)15-5-4-11(16)14-12(15)17/h3,6-7H,2,4-5H2,1H3,(H,14,16,17)/b9-3+. The first-order valence-corrected chi connectivity index (χ1v) is 5.34. The van der Waals surface area contributed by atoms with Crippen LogP contribution in [0.5, 0.6) is 0 Å². The van der Waals surface area contributed by atoms with Gasteiger partial charge in [-0.25, -0.2) is 4.79 Å². The number of hydrogen-bond donors (Lipinski definition) is 1. The van der Waals surface area contributed by atoms with Gasteiger partial charge >= 0.3 is 6.03 Å². The molecule has 1 fully saturated rings. The number of nitrogens with one attached hydrogen (secondary N) is 1. The summed E-state index contributed by atoms with van der Waals surface area (Å²) in [6.07, 6.45) is 5.44. The largest absolute Gasteiger partial charge is 0.328 e. The lowest BCUT2D eigenvalue weighted by Crippen LogP contribution is -2.51. The Hall–Kier alpha value is -2.17. The Labute approximate surface area is 98.5 Å². The fourth-order valence-electron chi connectivity index (χ4n) is 1.84. The second kappa shape index (κ2) is 4.37. The van der Waals surface area contributed by atoms with Crippen LogP contribution >= 0.6 is 0 Å². The fourth-order valence-corrected chi connectivity index (χ4v) is 1.84. The summed E-state index contributed by atoms with van der Waals surface area (Å²) in [5.74, 6) is -0.244. The number of aromatic nitrogens is 1. The van der Waals surface area contributed by atoms with Gasteiger partial charge in [-0.3, -0.25) is 20.0 Å². The first-order chi connectivity index (χ1) is 8.13. The van der Waals surface area contributed by atoms with Crippen molar-refractivity contribution in [1.82, 2.24) is 10.3 Å². The zero-order valence-corrected chi connectivity index (χ0v) is 9.56. The van der Waals surface area contributed by atoms with E-state index >= 15 is 0 Å². The van der Waals surface area contributed by atoms with Crippen molar-refractivity contribution in [3.05, 3.63) is 22.8 Å². The fraction of sp³-hybridized carbons (Fsp3) is 0.250. The molecule has 2 rings (SSSR count). The van der Waals surface area contributed by atoms with Crippen molar-refractivity contribution in [2.24, 2.45) is 0 Å². The smallest absolute Gasteiger partial charge is 0.291 e. The third-order valence-electron chi connectivity index (χ3n) is 2.68. The molecule has 0 spiro atoms. The monoisotopic (exact) mass is 231 g/mol. The Morgan fingerprint density at radius 1 is 1.47 bits per heavy atom. The number of nitrogens with zero attached hydrogens (tertiary/aromatic N) is 2. The summed E-state index contributed by atoms with van der Waals surface area (Å²) in [5.41, 5.74) is 0.685. The Morgan fingerprint density at radius 3 is 2.88 bits per heavy atom. The second-order valence-corrected chi connectivity index (χ2v) is 3.78. The highest BCUT2D eigenvalue weighted by atomic mass is 16.2. The van der Waals surface area contributed by atoms with Crippen LogP contribution in [0.3, 0.4) is 0 Å². The van der Waals surface area contributed by atoms with E-state index in [2.05, 4.69) is 16.9 Å². The molecule has 2 heterocycles. The normalized spacial score (nSPS) is 17.2. The van der Waals surface area contributed by atoms with Gasteiger partial charge in [0.2, 0.25) is 5.91 Å². The lowest BCUT2D eigenvalue weighted by Gasteiger charge is -2.26. The number of rotatable bonds is 1. The molecule has 88 valence electrons. The van der Waals surface area contributed by atoms with E-state index in [1.54, 1.807) is 12.4 Å². The van der Waals surface area contributed by atoms with Gasteiger partial charge in [-0.05, 0) is 12.1 Å². The molecule has 5 nitrogen and oxygen atoms in total. The van der Waals surface area contributed by atoms with Gasteiger partial charge in [0.05, 0.1) is 11.9 Å². The highest BCUT2D eigenvalue weighted by Crippen LogP contribution is 2.09. The zero-order valence-electron chi connectivity index (χ0n) is 9.56. The van der Waals surface area contributed by atoms with Crippen LogP contribution in [0, 0.1) is 0 Å². The molecule has 1 aliphatic rings. The Balaban J connectivity index is 2.48. The lowest BCUT2D eigenvalue weighted by molar-refractivity contribution is -0.120. The molecular weight excluding hydrogens is 218 g/mol. The molecule has 17 heavy (non-hydrogen) atoms. The maximum absolute atomic E-state index is 11.7. The number of pyridine rings is 1. The average Bonchev–Trinajstić information content (AvgIpc) is 2.29. The van der Waals surface area contributed by atoms with Crippen LogP contribution in [-0.2, 0) is 4.79 Å². The SMILES string of the molecule is C=c1cncc(N2CCC(=O)NC2=O)/c1=C/C. The number of amides is 3. The lowest BCUT2D eigenvalue weighted by atomic mass is 10.2. The topological polar surface area (TPSA) is 62.3 Å². The summed E-state index contributed by atoms with van der Waals surface area (Å²) in [4.78, 5) is 28.3. The second-order valence-electron chi connectivity index (χ2n) is 3.78. The molecule has 0 bridgehead atoms. The van der Waals surface area contributed by atoms with Crippen molar-refractivity contribution < 1.29 is 9.59 Å². The first kappa shape index (κ1) is 11.3. The molecule has 5 heteroatoms. The first-order valence-electron chi connectivity index (χ1n) is 5.34. The molecule has 0 aromatic carbocycles. The van der Waals surface area contributed by atoms with Gasteiger partial charge in [-0.2, -0.15) is 0 Å². The third kappa shape index (κ3) is 2.04. The summed E-state index contributed by atoms with van der Waals surface area (Å²) < 4.78 is 0. The minimum Gasteiger partial charge on any atom is -0.291 e. The number of urea groups is 1. The summed E-state index contributed by atoms with van der Waals surface area (Å²) in [5, 5.41) is 3.91. The quantitative estimate of drug-likeness (QED) is 0.724. The predicted molar refractivity (Wildman–Crippen MR) is 64.6 cm³/mol. The number of anilines is 1. The van der Waals surface area contributed by atoms with Crippen molar-refractivity contribution in [1.29, 1.82) is 0 Å². The molecule has 0 saturated carbocycles. The van der Waals surface area contributed by atoms with Crippen molar-refractivity contribution in [2.75, 3.05) is 11.4 Å². The molecule has 1 aliphatic heterocycles. The number of imide groups is 1. The molecule has 0 unspecified atom stereocenters. The van der Waals surface area contributed by atoms with Gasteiger partial charge in [-0.1, -0.05) is 12.7 Å². The van der Waals surface area contributed by atoms with E-state index in [-0.39, 0.29) is 5.91 Å². The van der Waals surface area contributed by atoms with E-state index in [1.165, 1.54) is 4.90 Å². The van der Waals surface area contributed by atoms with Gasteiger partial charge < -0.3 is 0 Å². The zero-order chi connectivity index (χ0) is 12.4. The minimum absolute atomic E-state index is 0.244. The highest BCUT2D eigenvalue weighted by Gasteiger charge is 2.24. The number of carbonyl (C=O) groups excluding carboxylic acids is 2. The summed E-state index contributed by atoms with van der Waals surface area (Å²) >= 11 is 0. The van der Waals surface area contributed by atoms with Crippen LogP contribution in [0.4, 0.5) is 10.5 Å². The van der Waals surface area contributed by atoms with Gasteiger partial charge in [0.1, 0.15) is 0 Å². The van der Waals surface area contributed by atoms with Gasteiger partial charge in [0.15, 0.2) is 0 Å². The van der Waals surface area contributed by atoms with Crippen molar-refractivity contribution in [2.45, 2.75) is 13.3 Å². The molecule has 0 radical (unpaired) electrons. The van der Waals surface area contributed by atoms with Gasteiger partial charge in [-0.15, -0.1) is 0 Å². The summed E-state index contributed by atoms with van der Waals surface area (Å²) in [6.45, 7) is 6.11. The predicted octanol–water partition coefficient (Wildman–Crippen LogP) is -0.261. The molecule has 1 saturated heterocycles. The van der Waals surface area contributed by atoms with Crippen LogP contribution in [0.2, 0.25) is 0 Å². The van der Waals surface area contributed by atoms with Crippen molar-refractivity contribution in [3.63, 3.8) is 0 Å². The third-order valence-corrected chi connectivity index (χ3v) is 2.68.